The third-order valence-electron chi connectivity index (χ3n) is 3.15. The van der Waals surface area contributed by atoms with Gasteiger partial charge in [-0.1, -0.05) is 18.2 Å². The van der Waals surface area contributed by atoms with Crippen LogP contribution in [0.1, 0.15) is 17.9 Å². The Morgan fingerprint density at radius 2 is 1.90 bits per heavy atom. The Labute approximate surface area is 123 Å². The standard InChI is InChI=1S/C17H16FNO2/c1-20-16-7-5-13(6-8-16)14(12-19)9-10-21-17-4-2-3-15(18)11-17/h2-8,11,14H,9-10H2,1H3. The molecule has 0 aliphatic heterocycles. The Morgan fingerprint density at radius 3 is 2.52 bits per heavy atom. The van der Waals surface area contributed by atoms with Gasteiger partial charge in [0.25, 0.3) is 0 Å². The molecule has 0 fully saturated rings. The summed E-state index contributed by atoms with van der Waals surface area (Å²) in [6.07, 6.45) is 0.541. The van der Waals surface area contributed by atoms with E-state index in [4.69, 9.17) is 9.47 Å². The maximum Gasteiger partial charge on any atom is 0.126 e. The summed E-state index contributed by atoms with van der Waals surface area (Å²) >= 11 is 0. The van der Waals surface area contributed by atoms with Gasteiger partial charge in [0.1, 0.15) is 17.3 Å². The fourth-order valence-corrected chi connectivity index (χ4v) is 1.99. The number of ether oxygens (including phenoxy) is 2. The highest BCUT2D eigenvalue weighted by molar-refractivity contribution is 5.32. The van der Waals surface area contributed by atoms with Crippen LogP contribution >= 0.6 is 0 Å². The number of halogens is 1. The van der Waals surface area contributed by atoms with Crippen LogP contribution in [0.15, 0.2) is 48.5 Å². The molecule has 1 atom stereocenters. The van der Waals surface area contributed by atoms with Gasteiger partial charge in [0.2, 0.25) is 0 Å². The summed E-state index contributed by atoms with van der Waals surface area (Å²) in [5.74, 6) is 0.636. The van der Waals surface area contributed by atoms with Crippen LogP contribution in [0, 0.1) is 17.1 Å². The van der Waals surface area contributed by atoms with Gasteiger partial charge in [-0.25, -0.2) is 4.39 Å². The summed E-state index contributed by atoms with van der Waals surface area (Å²) in [5.41, 5.74) is 0.918. The van der Waals surface area contributed by atoms with Crippen molar-refractivity contribution >= 4 is 0 Å². The maximum absolute atomic E-state index is 13.0. The molecular formula is C17H16FNO2. The van der Waals surface area contributed by atoms with Crippen molar-refractivity contribution in [2.45, 2.75) is 12.3 Å². The van der Waals surface area contributed by atoms with Crippen LogP contribution in [-0.2, 0) is 0 Å². The van der Waals surface area contributed by atoms with E-state index in [9.17, 15) is 9.65 Å². The molecule has 0 saturated heterocycles. The molecule has 2 aromatic rings. The van der Waals surface area contributed by atoms with Gasteiger partial charge in [0.15, 0.2) is 0 Å². The number of benzene rings is 2. The first kappa shape index (κ1) is 14.9. The smallest absolute Gasteiger partial charge is 0.126 e. The minimum absolute atomic E-state index is 0.260. The Balaban J connectivity index is 1.92. The lowest BCUT2D eigenvalue weighted by Gasteiger charge is -2.11. The maximum atomic E-state index is 13.0. The summed E-state index contributed by atoms with van der Waals surface area (Å²) < 4.78 is 23.6. The monoisotopic (exact) mass is 285 g/mol. The highest BCUT2D eigenvalue weighted by Gasteiger charge is 2.11. The lowest BCUT2D eigenvalue weighted by Crippen LogP contribution is -2.04. The molecule has 108 valence electrons. The molecule has 0 N–H and O–H groups in total. The van der Waals surface area contributed by atoms with Crippen molar-refractivity contribution in [3.05, 3.63) is 59.9 Å². The first-order valence-corrected chi connectivity index (χ1v) is 6.65. The lowest BCUT2D eigenvalue weighted by molar-refractivity contribution is 0.304. The zero-order chi connectivity index (χ0) is 15.1. The van der Waals surface area contributed by atoms with E-state index in [0.29, 0.717) is 18.8 Å². The van der Waals surface area contributed by atoms with Crippen LogP contribution < -0.4 is 9.47 Å². The van der Waals surface area contributed by atoms with E-state index in [1.165, 1.54) is 12.1 Å². The van der Waals surface area contributed by atoms with Gasteiger partial charge < -0.3 is 9.47 Å². The molecule has 0 aliphatic rings. The van der Waals surface area contributed by atoms with Crippen molar-refractivity contribution in [3.8, 4) is 17.6 Å². The number of nitrogens with zero attached hydrogens (tertiary/aromatic N) is 1. The van der Waals surface area contributed by atoms with Gasteiger partial charge in [-0.3, -0.25) is 0 Å². The summed E-state index contributed by atoms with van der Waals surface area (Å²) in [6.45, 7) is 0.355. The molecule has 0 aliphatic carbocycles. The van der Waals surface area contributed by atoms with Crippen LogP contribution in [-0.4, -0.2) is 13.7 Å². The Hall–Kier alpha value is -2.54. The second kappa shape index (κ2) is 7.30. The molecule has 3 nitrogen and oxygen atoms in total. The quantitative estimate of drug-likeness (QED) is 0.808. The number of rotatable bonds is 6. The minimum Gasteiger partial charge on any atom is -0.497 e. The van der Waals surface area contributed by atoms with Gasteiger partial charge in [-0.15, -0.1) is 0 Å². The topological polar surface area (TPSA) is 42.2 Å². The molecule has 0 saturated carbocycles. The highest BCUT2D eigenvalue weighted by Crippen LogP contribution is 2.22. The molecule has 2 rings (SSSR count). The molecule has 4 heteroatoms. The molecule has 0 aromatic heterocycles. The molecule has 0 bridgehead atoms. The summed E-state index contributed by atoms with van der Waals surface area (Å²) in [4.78, 5) is 0. The van der Waals surface area contributed by atoms with Crippen LogP contribution in [0.4, 0.5) is 4.39 Å². The molecule has 0 spiro atoms. The van der Waals surface area contributed by atoms with Gasteiger partial charge in [0, 0.05) is 12.5 Å². The molecular weight excluding hydrogens is 269 g/mol. The van der Waals surface area contributed by atoms with E-state index < -0.39 is 0 Å². The number of hydrogen-bond acceptors (Lipinski definition) is 3. The van der Waals surface area contributed by atoms with Gasteiger partial charge in [0.05, 0.1) is 25.7 Å². The minimum atomic E-state index is -0.334. The third-order valence-corrected chi connectivity index (χ3v) is 3.15. The van der Waals surface area contributed by atoms with E-state index >= 15 is 0 Å². The van der Waals surface area contributed by atoms with E-state index in [0.717, 1.165) is 11.3 Å². The van der Waals surface area contributed by atoms with Crippen LogP contribution in [0.5, 0.6) is 11.5 Å². The first-order chi connectivity index (χ1) is 10.2. The normalized spacial score (nSPS) is 11.5. The fourth-order valence-electron chi connectivity index (χ4n) is 1.99. The Morgan fingerprint density at radius 1 is 1.14 bits per heavy atom. The third kappa shape index (κ3) is 4.22. The summed E-state index contributed by atoms with van der Waals surface area (Å²) in [5, 5.41) is 9.25. The fraction of sp³-hybridized carbons (Fsp3) is 0.235. The Bertz CT molecular complexity index is 619. The van der Waals surface area contributed by atoms with E-state index in [1.807, 2.05) is 24.3 Å². The predicted molar refractivity (Wildman–Crippen MR) is 77.9 cm³/mol. The zero-order valence-electron chi connectivity index (χ0n) is 11.8. The van der Waals surface area contributed by atoms with Crippen molar-refractivity contribution < 1.29 is 13.9 Å². The predicted octanol–water partition coefficient (Wildman–Crippen LogP) is 3.91. The largest absolute Gasteiger partial charge is 0.497 e. The second-order valence-corrected chi connectivity index (χ2v) is 4.55. The highest BCUT2D eigenvalue weighted by atomic mass is 19.1. The van der Waals surface area contributed by atoms with Gasteiger partial charge >= 0.3 is 0 Å². The lowest BCUT2D eigenvalue weighted by atomic mass is 9.97. The number of hydrogen-bond donors (Lipinski definition) is 0. The van der Waals surface area contributed by atoms with E-state index in [1.54, 1.807) is 19.2 Å². The zero-order valence-corrected chi connectivity index (χ0v) is 11.8. The first-order valence-electron chi connectivity index (χ1n) is 6.65. The second-order valence-electron chi connectivity index (χ2n) is 4.55. The molecule has 0 radical (unpaired) electrons. The Kier molecular flexibility index (Phi) is 5.16. The van der Waals surface area contributed by atoms with Crippen molar-refractivity contribution in [1.82, 2.24) is 0 Å². The van der Waals surface area contributed by atoms with Gasteiger partial charge in [-0.2, -0.15) is 5.26 Å². The van der Waals surface area contributed by atoms with Crippen molar-refractivity contribution in [3.63, 3.8) is 0 Å². The van der Waals surface area contributed by atoms with Crippen LogP contribution in [0.3, 0.4) is 0 Å². The van der Waals surface area contributed by atoms with Gasteiger partial charge in [-0.05, 0) is 29.8 Å². The molecule has 0 amide bonds. The molecule has 0 heterocycles. The molecule has 2 aromatic carbocycles. The van der Waals surface area contributed by atoms with Crippen molar-refractivity contribution in [1.29, 1.82) is 5.26 Å². The SMILES string of the molecule is COc1ccc(C(C#N)CCOc2cccc(F)c2)cc1. The van der Waals surface area contributed by atoms with Crippen LogP contribution in [0.25, 0.3) is 0 Å². The molecule has 21 heavy (non-hydrogen) atoms. The average Bonchev–Trinajstić information content (AvgIpc) is 2.52. The molecule has 1 unspecified atom stereocenters. The summed E-state index contributed by atoms with van der Waals surface area (Å²) in [7, 11) is 1.60. The van der Waals surface area contributed by atoms with E-state index in [-0.39, 0.29) is 11.7 Å². The van der Waals surface area contributed by atoms with Crippen LogP contribution in [0.2, 0.25) is 0 Å². The number of methoxy groups -OCH3 is 1. The van der Waals surface area contributed by atoms with Crippen molar-refractivity contribution in [2.24, 2.45) is 0 Å². The number of nitriles is 1. The van der Waals surface area contributed by atoms with Crippen molar-refractivity contribution in [2.75, 3.05) is 13.7 Å². The van der Waals surface area contributed by atoms with E-state index in [2.05, 4.69) is 6.07 Å². The summed E-state index contributed by atoms with van der Waals surface area (Å²) in [6, 6.07) is 15.6. The average molecular weight is 285 g/mol.